The molecule has 2 aliphatic rings. The number of halogens is 1. The van der Waals surface area contributed by atoms with E-state index in [0.717, 1.165) is 0 Å². The van der Waals surface area contributed by atoms with Gasteiger partial charge in [-0.3, -0.25) is 4.79 Å². The number of alkyl halides is 1. The Hall–Kier alpha value is -0.960. The SMILES string of the molecule is CCCOC(=O)OC(C)(C)OC(=O)[C@@H]1N2C(=O)[C@@H](Br)[C@H]2SC1(C)C. The molecule has 1 amide bonds. The predicted molar refractivity (Wildman–Crippen MR) is 91.7 cm³/mol. The molecule has 0 radical (unpaired) electrons. The lowest BCUT2D eigenvalue weighted by Crippen LogP contribution is -2.64. The first-order valence-electron chi connectivity index (χ1n) is 7.73. The average Bonchev–Trinajstić information content (AvgIpc) is 2.72. The molecular weight excluding hydrogens is 402 g/mol. The lowest BCUT2D eigenvalue weighted by Gasteiger charge is -2.41. The van der Waals surface area contributed by atoms with Crippen LogP contribution in [0.1, 0.15) is 41.0 Å². The zero-order chi connectivity index (χ0) is 18.3. The summed E-state index contributed by atoms with van der Waals surface area (Å²) in [5, 5.41) is -0.0939. The number of hydrogen-bond donors (Lipinski definition) is 0. The van der Waals surface area contributed by atoms with Gasteiger partial charge in [-0.05, 0) is 20.3 Å². The second-order valence-corrected chi connectivity index (χ2v) is 9.44. The second kappa shape index (κ2) is 6.74. The molecule has 24 heavy (non-hydrogen) atoms. The Labute approximate surface area is 153 Å². The Morgan fingerprint density at radius 1 is 1.33 bits per heavy atom. The van der Waals surface area contributed by atoms with Crippen molar-refractivity contribution in [2.24, 2.45) is 0 Å². The molecule has 2 fully saturated rings. The molecular formula is C15H22BrNO6S. The van der Waals surface area contributed by atoms with Crippen molar-refractivity contribution in [1.29, 1.82) is 0 Å². The van der Waals surface area contributed by atoms with Crippen LogP contribution >= 0.6 is 27.7 Å². The topological polar surface area (TPSA) is 82.1 Å². The number of thioether (sulfide) groups is 1. The fourth-order valence-corrected chi connectivity index (χ4v) is 5.03. The maximum Gasteiger partial charge on any atom is 0.511 e. The van der Waals surface area contributed by atoms with Crippen LogP contribution in [-0.4, -0.2) is 56.3 Å². The minimum absolute atomic E-state index is 0.0939. The fraction of sp³-hybridized carbons (Fsp3) is 0.800. The molecule has 0 spiro atoms. The molecule has 0 aliphatic carbocycles. The fourth-order valence-electron chi connectivity index (χ4n) is 2.68. The van der Waals surface area contributed by atoms with Crippen LogP contribution in [0.5, 0.6) is 0 Å². The summed E-state index contributed by atoms with van der Waals surface area (Å²) in [6.45, 7) is 8.77. The number of fused-ring (bicyclic) bond motifs is 1. The van der Waals surface area contributed by atoms with Gasteiger partial charge in [-0.15, -0.1) is 11.8 Å². The monoisotopic (exact) mass is 423 g/mol. The Morgan fingerprint density at radius 3 is 2.54 bits per heavy atom. The Balaban J connectivity index is 2.03. The van der Waals surface area contributed by atoms with Crippen LogP contribution in [0, 0.1) is 0 Å². The number of ether oxygens (including phenoxy) is 3. The Bertz CT molecular complexity index is 552. The first kappa shape index (κ1) is 19.4. The van der Waals surface area contributed by atoms with E-state index in [2.05, 4.69) is 15.9 Å². The molecule has 2 rings (SSSR count). The maximum atomic E-state index is 12.6. The van der Waals surface area contributed by atoms with E-state index < -0.39 is 28.7 Å². The van der Waals surface area contributed by atoms with Gasteiger partial charge in [0, 0.05) is 18.6 Å². The summed E-state index contributed by atoms with van der Waals surface area (Å²) in [7, 11) is 0. The molecule has 2 heterocycles. The number of hydrogen-bond acceptors (Lipinski definition) is 7. The van der Waals surface area contributed by atoms with Gasteiger partial charge in [0.05, 0.1) is 6.61 Å². The number of nitrogens with zero attached hydrogens (tertiary/aromatic N) is 1. The molecule has 0 bridgehead atoms. The van der Waals surface area contributed by atoms with E-state index in [1.165, 1.54) is 18.7 Å². The largest absolute Gasteiger partial charge is 0.511 e. The van der Waals surface area contributed by atoms with Gasteiger partial charge in [-0.25, -0.2) is 9.59 Å². The molecule has 0 saturated carbocycles. The zero-order valence-electron chi connectivity index (χ0n) is 14.3. The number of rotatable bonds is 5. The number of esters is 1. The summed E-state index contributed by atoms with van der Waals surface area (Å²) >= 11 is 4.87. The highest BCUT2D eigenvalue weighted by atomic mass is 79.9. The van der Waals surface area contributed by atoms with Gasteiger partial charge in [0.25, 0.3) is 5.79 Å². The molecule has 0 aromatic heterocycles. The van der Waals surface area contributed by atoms with E-state index in [0.29, 0.717) is 6.42 Å². The van der Waals surface area contributed by atoms with Crippen molar-refractivity contribution in [2.45, 2.75) is 67.8 Å². The van der Waals surface area contributed by atoms with Crippen LogP contribution in [0.4, 0.5) is 4.79 Å². The average molecular weight is 424 g/mol. The highest BCUT2D eigenvalue weighted by Gasteiger charge is 2.63. The third-order valence-corrected chi connectivity index (χ3v) is 6.51. The van der Waals surface area contributed by atoms with Crippen molar-refractivity contribution in [3.05, 3.63) is 0 Å². The van der Waals surface area contributed by atoms with Crippen molar-refractivity contribution >= 4 is 45.7 Å². The van der Waals surface area contributed by atoms with Crippen molar-refractivity contribution < 1.29 is 28.6 Å². The highest BCUT2D eigenvalue weighted by Crippen LogP contribution is 2.53. The summed E-state index contributed by atoms with van der Waals surface area (Å²) in [5.41, 5.74) is 0. The van der Waals surface area contributed by atoms with Gasteiger partial charge in [0.1, 0.15) is 16.2 Å². The predicted octanol–water partition coefficient (Wildman–Crippen LogP) is 2.65. The molecule has 7 nitrogen and oxygen atoms in total. The quantitative estimate of drug-likeness (QED) is 0.291. The summed E-state index contributed by atoms with van der Waals surface area (Å²) in [4.78, 5) is 37.5. The summed E-state index contributed by atoms with van der Waals surface area (Å²) in [6, 6.07) is -0.733. The van der Waals surface area contributed by atoms with Crippen LogP contribution in [0.15, 0.2) is 0 Å². The first-order chi connectivity index (χ1) is 11.0. The van der Waals surface area contributed by atoms with Gasteiger partial charge in [0.15, 0.2) is 0 Å². The highest BCUT2D eigenvalue weighted by molar-refractivity contribution is 9.10. The molecule has 0 unspecified atom stereocenters. The number of β-lactam (4-membered cyclic amide) rings is 1. The summed E-state index contributed by atoms with van der Waals surface area (Å²) in [6.07, 6.45) is -0.234. The number of carbonyl (C=O) groups is 3. The molecule has 2 aliphatic heterocycles. The van der Waals surface area contributed by atoms with E-state index in [1.807, 2.05) is 20.8 Å². The number of carbonyl (C=O) groups excluding carboxylic acids is 3. The lowest BCUT2D eigenvalue weighted by atomic mass is 9.98. The van der Waals surface area contributed by atoms with E-state index in [-0.39, 0.29) is 22.7 Å². The molecule has 136 valence electrons. The normalized spacial score (nSPS) is 28.0. The van der Waals surface area contributed by atoms with Gasteiger partial charge < -0.3 is 19.1 Å². The van der Waals surface area contributed by atoms with Crippen molar-refractivity contribution in [3.8, 4) is 0 Å². The van der Waals surface area contributed by atoms with Crippen LogP contribution < -0.4 is 0 Å². The van der Waals surface area contributed by atoms with E-state index in [9.17, 15) is 14.4 Å². The minimum Gasteiger partial charge on any atom is -0.434 e. The van der Waals surface area contributed by atoms with Gasteiger partial charge >= 0.3 is 12.1 Å². The van der Waals surface area contributed by atoms with Gasteiger partial charge in [0.2, 0.25) is 5.91 Å². The second-order valence-electron chi connectivity index (χ2n) is 6.68. The van der Waals surface area contributed by atoms with Gasteiger partial charge in [-0.1, -0.05) is 22.9 Å². The van der Waals surface area contributed by atoms with Crippen LogP contribution in [-0.2, 0) is 23.8 Å². The van der Waals surface area contributed by atoms with Crippen molar-refractivity contribution in [2.75, 3.05) is 6.61 Å². The van der Waals surface area contributed by atoms with Crippen LogP contribution in [0.25, 0.3) is 0 Å². The standard InChI is InChI=1S/C15H22BrNO6S/c1-6-7-21-13(20)23-15(4,5)22-12(19)9-14(2,3)24-11-8(16)10(18)17(9)11/h8-9,11H,6-7H2,1-5H3/t8-,9+,11-/m1/s1. The smallest absolute Gasteiger partial charge is 0.434 e. The third-order valence-electron chi connectivity index (χ3n) is 3.70. The molecule has 0 aromatic rings. The van der Waals surface area contributed by atoms with Crippen molar-refractivity contribution in [1.82, 2.24) is 4.90 Å². The molecule has 2 saturated heterocycles. The van der Waals surface area contributed by atoms with E-state index in [1.54, 1.807) is 11.8 Å². The maximum absolute atomic E-state index is 12.6. The number of amides is 1. The summed E-state index contributed by atoms with van der Waals surface area (Å²) in [5.74, 6) is -2.22. The van der Waals surface area contributed by atoms with Gasteiger partial charge in [-0.2, -0.15) is 0 Å². The first-order valence-corrected chi connectivity index (χ1v) is 9.52. The zero-order valence-corrected chi connectivity index (χ0v) is 16.7. The Morgan fingerprint density at radius 2 is 1.96 bits per heavy atom. The van der Waals surface area contributed by atoms with Crippen LogP contribution in [0.3, 0.4) is 0 Å². The minimum atomic E-state index is -1.48. The molecule has 0 N–H and O–H groups in total. The van der Waals surface area contributed by atoms with Crippen molar-refractivity contribution in [3.63, 3.8) is 0 Å². The molecule has 9 heteroatoms. The van der Waals surface area contributed by atoms with Crippen LogP contribution in [0.2, 0.25) is 0 Å². The summed E-state index contributed by atoms with van der Waals surface area (Å²) < 4.78 is 14.7. The van der Waals surface area contributed by atoms with E-state index in [4.69, 9.17) is 14.2 Å². The lowest BCUT2D eigenvalue weighted by molar-refractivity contribution is -0.208. The van der Waals surface area contributed by atoms with E-state index >= 15 is 0 Å². The molecule has 3 atom stereocenters. The third kappa shape index (κ3) is 3.66. The molecule has 0 aromatic carbocycles. The Kier molecular flexibility index (Phi) is 5.44.